The van der Waals surface area contributed by atoms with E-state index in [2.05, 4.69) is 4.37 Å². The van der Waals surface area contributed by atoms with Crippen LogP contribution in [0.4, 0.5) is 0 Å². The van der Waals surface area contributed by atoms with Crippen LogP contribution in [-0.4, -0.2) is 9.48 Å². The van der Waals surface area contributed by atoms with Crippen molar-refractivity contribution in [2.75, 3.05) is 0 Å². The molecule has 2 rings (SSSR count). The van der Waals surface area contributed by atoms with E-state index in [0.29, 0.717) is 0 Å². The number of hydrogen-bond donors (Lipinski definition) is 1. The molecule has 0 bridgehead atoms. The molecule has 13 heavy (non-hydrogen) atoms. The molecule has 1 aromatic heterocycles. The summed E-state index contributed by atoms with van der Waals surface area (Å²) < 4.78 is 3.95. The van der Waals surface area contributed by atoms with Crippen LogP contribution < -0.4 is 0 Å². The highest BCUT2D eigenvalue weighted by atomic mass is 32.1. The maximum atomic E-state index is 9.85. The maximum Gasteiger partial charge on any atom is 0.115 e. The van der Waals surface area contributed by atoms with Crippen LogP contribution in [0.2, 0.25) is 0 Å². The van der Waals surface area contributed by atoms with Crippen molar-refractivity contribution < 1.29 is 5.11 Å². The summed E-state index contributed by atoms with van der Waals surface area (Å²) in [6.45, 7) is 0. The zero-order chi connectivity index (χ0) is 9.10. The molecular weight excluding hydrogens is 182 g/mol. The summed E-state index contributed by atoms with van der Waals surface area (Å²) in [7, 11) is 0. The largest absolute Gasteiger partial charge is 0.383 e. The van der Waals surface area contributed by atoms with Crippen molar-refractivity contribution >= 4 is 11.5 Å². The quantitative estimate of drug-likeness (QED) is 0.789. The number of nitrogens with zero attached hydrogens (tertiary/aromatic N) is 1. The first-order valence-electron chi connectivity index (χ1n) is 4.01. The van der Waals surface area contributed by atoms with Gasteiger partial charge in [-0.25, -0.2) is 4.37 Å². The van der Waals surface area contributed by atoms with Crippen molar-refractivity contribution in [3.05, 3.63) is 53.0 Å². The third-order valence-corrected chi connectivity index (χ3v) is 2.64. The van der Waals surface area contributed by atoms with E-state index < -0.39 is 6.10 Å². The van der Waals surface area contributed by atoms with Gasteiger partial charge in [0.1, 0.15) is 6.10 Å². The third-order valence-electron chi connectivity index (χ3n) is 1.84. The summed E-state index contributed by atoms with van der Waals surface area (Å²) in [6.07, 6.45) is 1.17. The second-order valence-corrected chi connectivity index (χ2v) is 3.59. The van der Waals surface area contributed by atoms with Gasteiger partial charge in [-0.3, -0.25) is 0 Å². The summed E-state index contributed by atoms with van der Waals surface area (Å²) in [5.74, 6) is 0. The fraction of sp³-hybridized carbons (Fsp3) is 0.100. The molecule has 0 spiro atoms. The minimum Gasteiger partial charge on any atom is -0.383 e. The molecule has 0 aliphatic rings. The Morgan fingerprint density at radius 3 is 2.54 bits per heavy atom. The van der Waals surface area contributed by atoms with Crippen LogP contribution in [0.5, 0.6) is 0 Å². The molecule has 66 valence electrons. The number of aliphatic hydroxyl groups is 1. The Labute approximate surface area is 80.6 Å². The molecule has 2 nitrogen and oxygen atoms in total. The first kappa shape index (κ1) is 8.41. The van der Waals surface area contributed by atoms with Gasteiger partial charge in [0, 0.05) is 6.20 Å². The van der Waals surface area contributed by atoms with Crippen molar-refractivity contribution in [2.45, 2.75) is 6.10 Å². The Bertz CT molecular complexity index is 358. The molecule has 1 heterocycles. The lowest BCUT2D eigenvalue weighted by molar-refractivity contribution is 0.224. The monoisotopic (exact) mass is 191 g/mol. The Balaban J connectivity index is 2.29. The van der Waals surface area contributed by atoms with Crippen LogP contribution in [0.15, 0.2) is 42.6 Å². The van der Waals surface area contributed by atoms with Crippen LogP contribution in [-0.2, 0) is 0 Å². The Hall–Kier alpha value is -1.19. The Morgan fingerprint density at radius 2 is 1.92 bits per heavy atom. The van der Waals surface area contributed by atoms with Gasteiger partial charge in [0.05, 0.1) is 4.88 Å². The summed E-state index contributed by atoms with van der Waals surface area (Å²) in [5, 5.41) is 9.85. The summed E-state index contributed by atoms with van der Waals surface area (Å²) in [4.78, 5) is 0.881. The molecule has 2 aromatic rings. The molecule has 1 N–H and O–H groups in total. The average molecular weight is 191 g/mol. The maximum absolute atomic E-state index is 9.85. The van der Waals surface area contributed by atoms with Crippen molar-refractivity contribution in [1.29, 1.82) is 0 Å². The van der Waals surface area contributed by atoms with Gasteiger partial charge in [0.15, 0.2) is 0 Å². The first-order valence-corrected chi connectivity index (χ1v) is 4.79. The van der Waals surface area contributed by atoms with Gasteiger partial charge in [0.25, 0.3) is 0 Å². The summed E-state index contributed by atoms with van der Waals surface area (Å²) in [5.41, 5.74) is 0.909. The van der Waals surface area contributed by atoms with E-state index in [1.54, 1.807) is 6.20 Å². The van der Waals surface area contributed by atoms with E-state index in [1.807, 2.05) is 36.4 Å². The van der Waals surface area contributed by atoms with Crippen molar-refractivity contribution in [2.24, 2.45) is 0 Å². The van der Waals surface area contributed by atoms with Gasteiger partial charge in [-0.1, -0.05) is 30.3 Å². The predicted octanol–water partition coefficient (Wildman–Crippen LogP) is 2.22. The topological polar surface area (TPSA) is 33.1 Å². The lowest BCUT2D eigenvalue weighted by Crippen LogP contribution is -1.95. The second kappa shape index (κ2) is 3.68. The lowest BCUT2D eigenvalue weighted by Gasteiger charge is -2.06. The minimum absolute atomic E-state index is 0.534. The molecule has 0 saturated carbocycles. The molecular formula is C10H9NOS. The Morgan fingerprint density at radius 1 is 1.15 bits per heavy atom. The average Bonchev–Trinajstić information content (AvgIpc) is 2.71. The molecule has 0 aliphatic carbocycles. The third kappa shape index (κ3) is 1.76. The van der Waals surface area contributed by atoms with Gasteiger partial charge in [-0.2, -0.15) is 0 Å². The van der Waals surface area contributed by atoms with E-state index in [9.17, 15) is 5.11 Å². The van der Waals surface area contributed by atoms with Gasteiger partial charge < -0.3 is 5.11 Å². The number of benzene rings is 1. The lowest BCUT2D eigenvalue weighted by atomic mass is 10.1. The molecule has 1 aromatic carbocycles. The smallest absolute Gasteiger partial charge is 0.115 e. The SMILES string of the molecule is OC(c1ccccc1)c1ccns1. The highest BCUT2D eigenvalue weighted by Crippen LogP contribution is 2.23. The zero-order valence-electron chi connectivity index (χ0n) is 6.92. The summed E-state index contributed by atoms with van der Waals surface area (Å²) >= 11 is 1.33. The molecule has 0 radical (unpaired) electrons. The molecule has 1 atom stereocenters. The summed E-state index contributed by atoms with van der Waals surface area (Å²) in [6, 6.07) is 11.4. The van der Waals surface area contributed by atoms with Crippen molar-refractivity contribution in [1.82, 2.24) is 4.37 Å². The van der Waals surface area contributed by atoms with E-state index in [1.165, 1.54) is 11.5 Å². The first-order chi connectivity index (χ1) is 6.38. The minimum atomic E-state index is -0.534. The van der Waals surface area contributed by atoms with Crippen LogP contribution in [0, 0.1) is 0 Å². The fourth-order valence-electron chi connectivity index (χ4n) is 1.17. The van der Waals surface area contributed by atoms with Gasteiger partial charge in [-0.05, 0) is 23.2 Å². The van der Waals surface area contributed by atoms with Crippen LogP contribution >= 0.6 is 11.5 Å². The molecule has 0 saturated heterocycles. The van der Waals surface area contributed by atoms with Gasteiger partial charge >= 0.3 is 0 Å². The molecule has 3 heteroatoms. The van der Waals surface area contributed by atoms with Crippen LogP contribution in [0.25, 0.3) is 0 Å². The highest BCUT2D eigenvalue weighted by Gasteiger charge is 2.10. The van der Waals surface area contributed by atoms with E-state index in [-0.39, 0.29) is 0 Å². The predicted molar refractivity (Wildman–Crippen MR) is 52.6 cm³/mol. The van der Waals surface area contributed by atoms with E-state index in [0.717, 1.165) is 10.4 Å². The molecule has 0 amide bonds. The number of hydrogen-bond acceptors (Lipinski definition) is 3. The zero-order valence-corrected chi connectivity index (χ0v) is 7.74. The van der Waals surface area contributed by atoms with Crippen LogP contribution in [0.3, 0.4) is 0 Å². The van der Waals surface area contributed by atoms with Crippen molar-refractivity contribution in [3.8, 4) is 0 Å². The molecule has 1 unspecified atom stereocenters. The number of aromatic nitrogens is 1. The van der Waals surface area contributed by atoms with E-state index >= 15 is 0 Å². The molecule has 0 aliphatic heterocycles. The van der Waals surface area contributed by atoms with Crippen molar-refractivity contribution in [3.63, 3.8) is 0 Å². The normalized spacial score (nSPS) is 12.7. The van der Waals surface area contributed by atoms with E-state index in [4.69, 9.17) is 0 Å². The second-order valence-electron chi connectivity index (χ2n) is 2.73. The fourth-order valence-corrected chi connectivity index (χ4v) is 1.77. The number of rotatable bonds is 2. The van der Waals surface area contributed by atoms with Crippen LogP contribution in [0.1, 0.15) is 16.5 Å². The standard InChI is InChI=1S/C10H9NOS/c12-10(9-6-7-11-13-9)8-4-2-1-3-5-8/h1-7,10,12H. The Kier molecular flexibility index (Phi) is 2.38. The van der Waals surface area contributed by atoms with Gasteiger partial charge in [0.2, 0.25) is 0 Å². The molecule has 0 fully saturated rings. The number of aliphatic hydroxyl groups excluding tert-OH is 1. The highest BCUT2D eigenvalue weighted by molar-refractivity contribution is 7.05. The van der Waals surface area contributed by atoms with Gasteiger partial charge in [-0.15, -0.1) is 0 Å².